The zero-order valence-corrected chi connectivity index (χ0v) is 13.2. The highest BCUT2D eigenvalue weighted by atomic mass is 35.5. The van der Waals surface area contributed by atoms with Crippen LogP contribution < -0.4 is 10.0 Å². The summed E-state index contributed by atoms with van der Waals surface area (Å²) in [6.07, 6.45) is 2.77. The molecule has 0 heterocycles. The quantitative estimate of drug-likeness (QED) is 0.745. The Labute approximate surface area is 126 Å². The molecule has 114 valence electrons. The van der Waals surface area contributed by atoms with Gasteiger partial charge in [0.05, 0.1) is 12.4 Å². The summed E-state index contributed by atoms with van der Waals surface area (Å²) < 4.78 is 24.8. The standard InChI is InChI=1S/C13H20N2O3S.ClH/c1-9(14-11-6-7-11)13(16)10-4-3-5-12(8-10)15-19(2,17)18;/h3-5,8-9,11,13-16H,6-7H2,1-2H3;1H/t9-,13-;/m0./s1. The van der Waals surface area contributed by atoms with Gasteiger partial charge in [-0.15, -0.1) is 12.4 Å². The largest absolute Gasteiger partial charge is 0.387 e. The van der Waals surface area contributed by atoms with E-state index in [0.717, 1.165) is 19.1 Å². The number of hydrogen-bond acceptors (Lipinski definition) is 4. The van der Waals surface area contributed by atoms with Crippen LogP contribution in [0.4, 0.5) is 5.69 Å². The summed E-state index contributed by atoms with van der Waals surface area (Å²) in [6.45, 7) is 1.93. The predicted molar refractivity (Wildman–Crippen MR) is 82.7 cm³/mol. The van der Waals surface area contributed by atoms with E-state index in [0.29, 0.717) is 17.3 Å². The van der Waals surface area contributed by atoms with Gasteiger partial charge in [-0.05, 0) is 37.5 Å². The molecule has 0 aromatic heterocycles. The molecule has 0 aliphatic heterocycles. The van der Waals surface area contributed by atoms with E-state index in [-0.39, 0.29) is 18.4 Å². The van der Waals surface area contributed by atoms with Gasteiger partial charge in [-0.1, -0.05) is 12.1 Å². The molecule has 1 aromatic rings. The van der Waals surface area contributed by atoms with Crippen LogP contribution in [0.1, 0.15) is 31.4 Å². The topological polar surface area (TPSA) is 78.4 Å². The molecule has 0 saturated heterocycles. The SMILES string of the molecule is C[C@H](NC1CC1)[C@H](O)c1cccc(NS(C)(=O)=O)c1.Cl. The lowest BCUT2D eigenvalue weighted by molar-refractivity contribution is 0.135. The van der Waals surface area contributed by atoms with Crippen molar-refractivity contribution in [3.8, 4) is 0 Å². The molecule has 3 N–H and O–H groups in total. The predicted octanol–water partition coefficient (Wildman–Crippen LogP) is 1.65. The monoisotopic (exact) mass is 320 g/mol. The molecule has 1 fully saturated rings. The van der Waals surface area contributed by atoms with Crippen LogP contribution in [0.15, 0.2) is 24.3 Å². The van der Waals surface area contributed by atoms with Crippen molar-refractivity contribution in [2.24, 2.45) is 0 Å². The van der Waals surface area contributed by atoms with Gasteiger partial charge < -0.3 is 10.4 Å². The lowest BCUT2D eigenvalue weighted by Gasteiger charge is -2.21. The van der Waals surface area contributed by atoms with Gasteiger partial charge in [0.15, 0.2) is 0 Å². The number of benzene rings is 1. The Balaban J connectivity index is 0.00000200. The fourth-order valence-electron chi connectivity index (χ4n) is 2.00. The van der Waals surface area contributed by atoms with Crippen molar-refractivity contribution in [3.63, 3.8) is 0 Å². The Kier molecular flexibility index (Phi) is 5.82. The van der Waals surface area contributed by atoms with E-state index < -0.39 is 16.1 Å². The maximum Gasteiger partial charge on any atom is 0.229 e. The average molecular weight is 321 g/mol. The van der Waals surface area contributed by atoms with Crippen LogP contribution in [0.25, 0.3) is 0 Å². The zero-order chi connectivity index (χ0) is 14.0. The first kappa shape index (κ1) is 17.2. The van der Waals surface area contributed by atoms with E-state index in [1.165, 1.54) is 0 Å². The minimum absolute atomic E-state index is 0. The molecule has 0 bridgehead atoms. The van der Waals surface area contributed by atoms with Crippen molar-refractivity contribution in [2.75, 3.05) is 11.0 Å². The molecule has 1 aliphatic carbocycles. The maximum atomic E-state index is 11.2. The van der Waals surface area contributed by atoms with Gasteiger partial charge in [0, 0.05) is 17.8 Å². The van der Waals surface area contributed by atoms with E-state index in [2.05, 4.69) is 10.0 Å². The van der Waals surface area contributed by atoms with Crippen molar-refractivity contribution in [3.05, 3.63) is 29.8 Å². The third kappa shape index (κ3) is 5.28. The van der Waals surface area contributed by atoms with Gasteiger partial charge in [-0.3, -0.25) is 4.72 Å². The van der Waals surface area contributed by atoms with E-state index in [1.807, 2.05) is 6.92 Å². The Bertz CT molecular complexity index is 546. The van der Waals surface area contributed by atoms with Crippen LogP contribution in [0, 0.1) is 0 Å². The Morgan fingerprint density at radius 1 is 1.35 bits per heavy atom. The first-order valence-corrected chi connectivity index (χ1v) is 8.26. The molecule has 2 atom stereocenters. The molecule has 1 aromatic carbocycles. The number of halogens is 1. The summed E-state index contributed by atoms with van der Waals surface area (Å²) in [5.74, 6) is 0. The molecule has 7 heteroatoms. The van der Waals surface area contributed by atoms with Crippen LogP contribution in [0.5, 0.6) is 0 Å². The van der Waals surface area contributed by atoms with Crippen molar-refractivity contribution in [1.29, 1.82) is 0 Å². The number of anilines is 1. The molecule has 5 nitrogen and oxygen atoms in total. The second kappa shape index (κ2) is 6.76. The van der Waals surface area contributed by atoms with Gasteiger partial charge >= 0.3 is 0 Å². The molecule has 20 heavy (non-hydrogen) atoms. The van der Waals surface area contributed by atoms with E-state index in [9.17, 15) is 13.5 Å². The number of aliphatic hydroxyl groups is 1. The van der Waals surface area contributed by atoms with Crippen molar-refractivity contribution >= 4 is 28.1 Å². The van der Waals surface area contributed by atoms with E-state index >= 15 is 0 Å². The number of sulfonamides is 1. The van der Waals surface area contributed by atoms with Gasteiger partial charge in [-0.25, -0.2) is 8.42 Å². The third-order valence-corrected chi connectivity index (χ3v) is 3.69. The zero-order valence-electron chi connectivity index (χ0n) is 11.5. The molecule has 0 radical (unpaired) electrons. The van der Waals surface area contributed by atoms with Gasteiger partial charge in [0.1, 0.15) is 0 Å². The van der Waals surface area contributed by atoms with E-state index in [4.69, 9.17) is 0 Å². The first-order valence-electron chi connectivity index (χ1n) is 6.37. The summed E-state index contributed by atoms with van der Waals surface area (Å²) in [6, 6.07) is 7.31. The van der Waals surface area contributed by atoms with Crippen molar-refractivity contribution in [2.45, 2.75) is 38.0 Å². The highest BCUT2D eigenvalue weighted by molar-refractivity contribution is 7.92. The Hall–Kier alpha value is -0.820. The normalized spacial score (nSPS) is 17.9. The van der Waals surface area contributed by atoms with Crippen molar-refractivity contribution in [1.82, 2.24) is 5.32 Å². The maximum absolute atomic E-state index is 11.2. The minimum Gasteiger partial charge on any atom is -0.387 e. The molecular formula is C13H21ClN2O3S. The minimum atomic E-state index is -3.30. The second-order valence-corrected chi connectivity index (χ2v) is 6.92. The summed E-state index contributed by atoms with van der Waals surface area (Å²) in [5.41, 5.74) is 1.17. The molecular weight excluding hydrogens is 300 g/mol. The lowest BCUT2D eigenvalue weighted by Crippen LogP contribution is -2.33. The number of hydrogen-bond donors (Lipinski definition) is 3. The Morgan fingerprint density at radius 3 is 2.55 bits per heavy atom. The molecule has 0 unspecified atom stereocenters. The fraction of sp³-hybridized carbons (Fsp3) is 0.538. The van der Waals surface area contributed by atoms with Gasteiger partial charge in [0.25, 0.3) is 0 Å². The highest BCUT2D eigenvalue weighted by Gasteiger charge is 2.26. The number of nitrogens with one attached hydrogen (secondary N) is 2. The first-order chi connectivity index (χ1) is 8.85. The van der Waals surface area contributed by atoms with Crippen LogP contribution in [0.3, 0.4) is 0 Å². The third-order valence-electron chi connectivity index (χ3n) is 3.08. The van der Waals surface area contributed by atoms with Crippen LogP contribution >= 0.6 is 12.4 Å². The molecule has 1 aliphatic rings. The van der Waals surface area contributed by atoms with Gasteiger partial charge in [0.2, 0.25) is 10.0 Å². The summed E-state index contributed by atoms with van der Waals surface area (Å²) in [7, 11) is -3.30. The lowest BCUT2D eigenvalue weighted by atomic mass is 10.0. The summed E-state index contributed by atoms with van der Waals surface area (Å²) in [4.78, 5) is 0. The molecule has 1 saturated carbocycles. The van der Waals surface area contributed by atoms with Crippen LogP contribution in [0.2, 0.25) is 0 Å². The smallest absolute Gasteiger partial charge is 0.229 e. The summed E-state index contributed by atoms with van der Waals surface area (Å²) >= 11 is 0. The summed E-state index contributed by atoms with van der Waals surface area (Å²) in [5, 5.41) is 13.6. The van der Waals surface area contributed by atoms with Gasteiger partial charge in [-0.2, -0.15) is 0 Å². The van der Waals surface area contributed by atoms with E-state index in [1.54, 1.807) is 24.3 Å². The second-order valence-electron chi connectivity index (χ2n) is 5.17. The number of aliphatic hydroxyl groups excluding tert-OH is 1. The molecule has 0 amide bonds. The van der Waals surface area contributed by atoms with Crippen LogP contribution in [-0.4, -0.2) is 31.9 Å². The molecule has 2 rings (SSSR count). The molecule has 0 spiro atoms. The highest BCUT2D eigenvalue weighted by Crippen LogP contribution is 2.25. The van der Waals surface area contributed by atoms with Crippen molar-refractivity contribution < 1.29 is 13.5 Å². The van der Waals surface area contributed by atoms with Crippen LogP contribution in [-0.2, 0) is 10.0 Å². The average Bonchev–Trinajstić information content (AvgIpc) is 3.10. The Morgan fingerprint density at radius 2 is 2.00 bits per heavy atom. The number of rotatable bonds is 6. The fourth-order valence-corrected chi connectivity index (χ4v) is 2.56.